The van der Waals surface area contributed by atoms with Crippen molar-refractivity contribution in [1.82, 2.24) is 13.9 Å². The summed E-state index contributed by atoms with van der Waals surface area (Å²) in [7, 11) is -1.69. The number of hydrogen-bond acceptors (Lipinski definition) is 4. The second-order valence-corrected chi connectivity index (χ2v) is 9.63. The van der Waals surface area contributed by atoms with Gasteiger partial charge in [-0.3, -0.25) is 4.79 Å². The van der Waals surface area contributed by atoms with Gasteiger partial charge in [0.1, 0.15) is 5.82 Å². The van der Waals surface area contributed by atoms with Gasteiger partial charge < -0.3 is 9.88 Å². The largest absolute Gasteiger partial charge is 0.331 e. The van der Waals surface area contributed by atoms with Gasteiger partial charge in [0.25, 0.3) is 0 Å². The Morgan fingerprint density at radius 2 is 1.90 bits per heavy atom. The summed E-state index contributed by atoms with van der Waals surface area (Å²) in [6.45, 7) is 6.30. The van der Waals surface area contributed by atoms with Crippen LogP contribution in [0.1, 0.15) is 31.7 Å². The minimum absolute atomic E-state index is 0.137. The van der Waals surface area contributed by atoms with Crippen molar-refractivity contribution >= 4 is 44.3 Å². The Hall–Kier alpha value is -2.42. The summed E-state index contributed by atoms with van der Waals surface area (Å²) in [5.41, 5.74) is 2.92. The van der Waals surface area contributed by atoms with E-state index in [0.717, 1.165) is 11.1 Å². The Kier molecular flexibility index (Phi) is 7.03. The van der Waals surface area contributed by atoms with Gasteiger partial charge in [-0.15, -0.1) is 0 Å². The van der Waals surface area contributed by atoms with Gasteiger partial charge in [-0.25, -0.2) is 13.4 Å². The van der Waals surface area contributed by atoms with Gasteiger partial charge in [0.15, 0.2) is 0 Å². The molecule has 166 valence electrons. The summed E-state index contributed by atoms with van der Waals surface area (Å²) in [4.78, 5) is 17.2. The molecular formula is C22H27ClN4O3S. The van der Waals surface area contributed by atoms with Gasteiger partial charge >= 0.3 is 0 Å². The molecule has 0 unspecified atom stereocenters. The molecule has 31 heavy (non-hydrogen) atoms. The van der Waals surface area contributed by atoms with Crippen molar-refractivity contribution in [2.24, 2.45) is 7.05 Å². The highest BCUT2D eigenvalue weighted by molar-refractivity contribution is 7.89. The average molecular weight is 463 g/mol. The Morgan fingerprint density at radius 3 is 2.58 bits per heavy atom. The monoisotopic (exact) mass is 462 g/mol. The minimum atomic E-state index is -3.56. The molecule has 0 saturated heterocycles. The Balaban J connectivity index is 1.78. The molecule has 0 aliphatic carbocycles. The zero-order valence-corrected chi connectivity index (χ0v) is 19.7. The van der Waals surface area contributed by atoms with E-state index >= 15 is 0 Å². The normalized spacial score (nSPS) is 11.9. The maximum Gasteiger partial charge on any atom is 0.243 e. The summed E-state index contributed by atoms with van der Waals surface area (Å²) in [5.74, 6) is 0.576. The van der Waals surface area contributed by atoms with Crippen LogP contribution < -0.4 is 5.32 Å². The summed E-state index contributed by atoms with van der Waals surface area (Å²) in [6.07, 6.45) is 0.669. The smallest absolute Gasteiger partial charge is 0.243 e. The Bertz CT molecular complexity index is 1220. The molecule has 3 aromatic rings. The van der Waals surface area contributed by atoms with Crippen molar-refractivity contribution in [2.45, 2.75) is 38.5 Å². The van der Waals surface area contributed by atoms with Crippen LogP contribution in [0.4, 0.5) is 5.69 Å². The van der Waals surface area contributed by atoms with Gasteiger partial charge in [-0.1, -0.05) is 31.5 Å². The second kappa shape index (κ2) is 9.38. The first kappa shape index (κ1) is 23.2. The zero-order valence-electron chi connectivity index (χ0n) is 18.1. The van der Waals surface area contributed by atoms with E-state index in [9.17, 15) is 13.2 Å². The maximum atomic E-state index is 12.8. The standard InChI is InChI=1S/C22H27ClN4O3S/c1-5-27(6-2)31(29,30)16-10-11-20-19(14-16)24-21(26(20)4)12-13-22(28)25-18-9-7-8-17(23)15(18)3/h7-11,14H,5-6,12-13H2,1-4H3,(H,25,28). The molecule has 1 heterocycles. The average Bonchev–Trinajstić information content (AvgIpc) is 3.05. The number of hydrogen-bond donors (Lipinski definition) is 1. The van der Waals surface area contributed by atoms with Gasteiger partial charge in [-0.2, -0.15) is 4.31 Å². The van der Waals surface area contributed by atoms with Crippen LogP contribution in [0, 0.1) is 6.92 Å². The van der Waals surface area contributed by atoms with E-state index in [1.165, 1.54) is 4.31 Å². The molecule has 0 aliphatic heterocycles. The number of aryl methyl sites for hydroxylation is 2. The van der Waals surface area contributed by atoms with E-state index in [1.807, 2.05) is 38.5 Å². The van der Waals surface area contributed by atoms with Crippen LogP contribution >= 0.6 is 11.6 Å². The molecule has 0 fully saturated rings. The first-order valence-electron chi connectivity index (χ1n) is 10.2. The van der Waals surface area contributed by atoms with Crippen molar-refractivity contribution in [1.29, 1.82) is 0 Å². The zero-order chi connectivity index (χ0) is 22.8. The van der Waals surface area contributed by atoms with Crippen LogP contribution in [-0.2, 0) is 28.3 Å². The number of aromatic nitrogens is 2. The van der Waals surface area contributed by atoms with E-state index in [1.54, 1.807) is 30.3 Å². The van der Waals surface area contributed by atoms with Gasteiger partial charge in [0.2, 0.25) is 15.9 Å². The van der Waals surface area contributed by atoms with Crippen molar-refractivity contribution in [3.63, 3.8) is 0 Å². The van der Waals surface area contributed by atoms with Gasteiger partial charge in [-0.05, 0) is 42.8 Å². The van der Waals surface area contributed by atoms with Crippen molar-refractivity contribution in [3.8, 4) is 0 Å². The molecule has 3 rings (SSSR count). The molecular weight excluding hydrogens is 436 g/mol. The number of amides is 1. The lowest BCUT2D eigenvalue weighted by atomic mass is 10.2. The van der Waals surface area contributed by atoms with E-state index in [0.29, 0.717) is 41.6 Å². The third-order valence-electron chi connectivity index (χ3n) is 5.41. The van der Waals surface area contributed by atoms with E-state index < -0.39 is 10.0 Å². The second-order valence-electron chi connectivity index (χ2n) is 7.29. The number of carbonyl (C=O) groups is 1. The van der Waals surface area contributed by atoms with Crippen molar-refractivity contribution in [3.05, 3.63) is 52.8 Å². The first-order valence-corrected chi connectivity index (χ1v) is 12.0. The highest BCUT2D eigenvalue weighted by Crippen LogP contribution is 2.24. The van der Waals surface area contributed by atoms with Crippen LogP contribution in [0.3, 0.4) is 0 Å². The van der Waals surface area contributed by atoms with Crippen LogP contribution in [0.15, 0.2) is 41.3 Å². The minimum Gasteiger partial charge on any atom is -0.331 e. The number of anilines is 1. The number of sulfonamides is 1. The number of rotatable bonds is 8. The topological polar surface area (TPSA) is 84.3 Å². The molecule has 2 aromatic carbocycles. The number of nitrogens with zero attached hydrogens (tertiary/aromatic N) is 3. The first-order chi connectivity index (χ1) is 14.7. The lowest BCUT2D eigenvalue weighted by Gasteiger charge is -2.18. The molecule has 0 atom stereocenters. The predicted octanol–water partition coefficient (Wildman–Crippen LogP) is 4.14. The quantitative estimate of drug-likeness (QED) is 0.545. The van der Waals surface area contributed by atoms with Gasteiger partial charge in [0, 0.05) is 43.7 Å². The lowest BCUT2D eigenvalue weighted by molar-refractivity contribution is -0.116. The number of nitrogens with one attached hydrogen (secondary N) is 1. The molecule has 7 nitrogen and oxygen atoms in total. The van der Waals surface area contributed by atoms with Crippen LogP contribution in [0.2, 0.25) is 5.02 Å². The third-order valence-corrected chi connectivity index (χ3v) is 7.86. The Morgan fingerprint density at radius 1 is 1.19 bits per heavy atom. The Labute approximate surface area is 188 Å². The van der Waals surface area contributed by atoms with E-state index in [4.69, 9.17) is 11.6 Å². The fourth-order valence-electron chi connectivity index (χ4n) is 3.51. The highest BCUT2D eigenvalue weighted by atomic mass is 35.5. The molecule has 1 amide bonds. The number of fused-ring (bicyclic) bond motifs is 1. The van der Waals surface area contributed by atoms with E-state index in [2.05, 4.69) is 10.3 Å². The van der Waals surface area contributed by atoms with E-state index in [-0.39, 0.29) is 17.2 Å². The van der Waals surface area contributed by atoms with Crippen molar-refractivity contribution < 1.29 is 13.2 Å². The number of benzene rings is 2. The fourth-order valence-corrected chi connectivity index (χ4v) is 5.16. The fraction of sp³-hybridized carbons (Fsp3) is 0.364. The number of carbonyl (C=O) groups excluding carboxylic acids is 1. The van der Waals surface area contributed by atoms with Crippen molar-refractivity contribution in [2.75, 3.05) is 18.4 Å². The van der Waals surface area contributed by atoms with Crippen LogP contribution in [-0.4, -0.2) is 41.3 Å². The summed E-state index contributed by atoms with van der Waals surface area (Å²) in [5, 5.41) is 3.48. The summed E-state index contributed by atoms with van der Waals surface area (Å²) >= 11 is 6.11. The molecule has 9 heteroatoms. The number of imidazole rings is 1. The van der Waals surface area contributed by atoms with Crippen LogP contribution in [0.5, 0.6) is 0 Å². The third kappa shape index (κ3) is 4.76. The SMILES string of the molecule is CCN(CC)S(=O)(=O)c1ccc2c(c1)nc(CCC(=O)Nc1cccc(Cl)c1C)n2C. The van der Waals surface area contributed by atoms with Crippen LogP contribution in [0.25, 0.3) is 11.0 Å². The summed E-state index contributed by atoms with van der Waals surface area (Å²) in [6, 6.07) is 10.3. The summed E-state index contributed by atoms with van der Waals surface area (Å²) < 4.78 is 28.9. The predicted molar refractivity (Wildman–Crippen MR) is 124 cm³/mol. The molecule has 1 N–H and O–H groups in total. The number of halogens is 1. The molecule has 0 radical (unpaired) electrons. The maximum absolute atomic E-state index is 12.8. The highest BCUT2D eigenvalue weighted by Gasteiger charge is 2.22. The van der Waals surface area contributed by atoms with Gasteiger partial charge in [0.05, 0.1) is 15.9 Å². The molecule has 1 aromatic heterocycles. The molecule has 0 spiro atoms. The lowest BCUT2D eigenvalue weighted by Crippen LogP contribution is -2.30. The molecule has 0 bridgehead atoms. The molecule has 0 saturated carbocycles. The molecule has 0 aliphatic rings.